The number of rotatable bonds is 2. The van der Waals surface area contributed by atoms with Crippen LogP contribution in [0.15, 0.2) is 66.7 Å². The maximum atomic E-state index is 12.7. The maximum absolute atomic E-state index is 12.7. The van der Waals surface area contributed by atoms with E-state index in [9.17, 15) is 4.79 Å². The predicted molar refractivity (Wildman–Crippen MR) is 121 cm³/mol. The van der Waals surface area contributed by atoms with E-state index in [0.29, 0.717) is 6.42 Å². The van der Waals surface area contributed by atoms with Gasteiger partial charge in [-0.2, -0.15) is 9.78 Å². The number of hydrogen-bond acceptors (Lipinski definition) is 4. The molecule has 0 saturated heterocycles. The van der Waals surface area contributed by atoms with Crippen LogP contribution in [0, 0.1) is 6.92 Å². The van der Waals surface area contributed by atoms with Gasteiger partial charge < -0.3 is 5.32 Å². The summed E-state index contributed by atoms with van der Waals surface area (Å²) in [5, 5.41) is 11.0. The molecular formula is C24H18N4OS. The molecule has 6 rings (SSSR count). The van der Waals surface area contributed by atoms with Crippen molar-refractivity contribution >= 4 is 44.1 Å². The molecule has 3 aromatic carbocycles. The van der Waals surface area contributed by atoms with E-state index in [1.807, 2.05) is 37.3 Å². The molecule has 6 heteroatoms. The van der Waals surface area contributed by atoms with Crippen LogP contribution in [0.25, 0.3) is 26.1 Å². The quantitative estimate of drug-likeness (QED) is 0.423. The van der Waals surface area contributed by atoms with Crippen molar-refractivity contribution in [3.63, 3.8) is 0 Å². The first-order chi connectivity index (χ1) is 14.7. The van der Waals surface area contributed by atoms with E-state index < -0.39 is 0 Å². The highest BCUT2D eigenvalue weighted by Crippen LogP contribution is 2.41. The molecular weight excluding hydrogens is 392 g/mol. The van der Waals surface area contributed by atoms with Crippen LogP contribution < -0.4 is 5.32 Å². The van der Waals surface area contributed by atoms with E-state index in [4.69, 9.17) is 10.1 Å². The lowest BCUT2D eigenvalue weighted by atomic mass is 9.85. The smallest absolute Gasteiger partial charge is 0.226 e. The fourth-order valence-electron chi connectivity index (χ4n) is 4.35. The third-order valence-corrected chi connectivity index (χ3v) is 6.75. The molecule has 1 aliphatic heterocycles. The van der Waals surface area contributed by atoms with Crippen molar-refractivity contribution in [1.82, 2.24) is 14.8 Å². The number of carbonyl (C=O) groups excluding carboxylic acids is 1. The summed E-state index contributed by atoms with van der Waals surface area (Å²) in [7, 11) is 0. The van der Waals surface area contributed by atoms with E-state index in [-0.39, 0.29) is 11.8 Å². The molecule has 3 heterocycles. The lowest BCUT2D eigenvalue weighted by Crippen LogP contribution is -2.24. The summed E-state index contributed by atoms with van der Waals surface area (Å²) in [5.41, 5.74) is 4.07. The molecule has 0 saturated carbocycles. The Hall–Kier alpha value is -3.51. The summed E-state index contributed by atoms with van der Waals surface area (Å²) in [5.74, 6) is 0.713. The van der Waals surface area contributed by atoms with Gasteiger partial charge in [-0.25, -0.2) is 4.98 Å². The number of nitrogens with zero attached hydrogens (tertiary/aromatic N) is 3. The first kappa shape index (κ1) is 17.4. The summed E-state index contributed by atoms with van der Waals surface area (Å²) in [6, 6.07) is 22.8. The molecule has 0 fully saturated rings. The average Bonchev–Trinajstić information content (AvgIpc) is 3.34. The van der Waals surface area contributed by atoms with Gasteiger partial charge in [0.15, 0.2) is 0 Å². The van der Waals surface area contributed by atoms with Crippen molar-refractivity contribution in [3.8, 4) is 5.13 Å². The van der Waals surface area contributed by atoms with Crippen LogP contribution in [0.5, 0.6) is 0 Å². The van der Waals surface area contributed by atoms with Crippen molar-refractivity contribution in [2.75, 3.05) is 5.32 Å². The predicted octanol–water partition coefficient (Wildman–Crippen LogP) is 5.42. The van der Waals surface area contributed by atoms with Gasteiger partial charge in [0, 0.05) is 17.9 Å². The van der Waals surface area contributed by atoms with Crippen LogP contribution in [0.1, 0.15) is 29.2 Å². The third-order valence-electron chi connectivity index (χ3n) is 5.74. The summed E-state index contributed by atoms with van der Waals surface area (Å²) >= 11 is 1.57. The number of hydrogen-bond donors (Lipinski definition) is 1. The van der Waals surface area contributed by atoms with Crippen LogP contribution in [-0.4, -0.2) is 20.7 Å². The van der Waals surface area contributed by atoms with Crippen LogP contribution in [0.4, 0.5) is 5.82 Å². The molecule has 0 radical (unpaired) electrons. The lowest BCUT2D eigenvalue weighted by molar-refractivity contribution is -0.116. The fourth-order valence-corrected chi connectivity index (χ4v) is 5.27. The molecule has 5 nitrogen and oxygen atoms in total. The van der Waals surface area contributed by atoms with E-state index in [1.165, 1.54) is 10.8 Å². The van der Waals surface area contributed by atoms with Gasteiger partial charge in [0.05, 0.1) is 15.9 Å². The highest BCUT2D eigenvalue weighted by molar-refractivity contribution is 7.20. The normalized spacial score (nSPS) is 16.0. The standard InChI is InChI=1S/C24H18N4OS/c1-14-22-18(17-11-10-15-6-2-3-7-16(15)12-17)13-21(29)26-23(22)28(27-14)24-25-19-8-4-5-9-20(19)30-24/h2-12,18H,13H2,1H3,(H,26,29)/t18-/m1/s1. The number of para-hydroxylation sites is 1. The zero-order valence-corrected chi connectivity index (χ0v) is 17.1. The SMILES string of the molecule is Cc1nn(-c2nc3ccccc3s2)c2c1[C@@H](c1ccc3ccccc3c1)CC(=O)N2. The first-order valence-corrected chi connectivity index (χ1v) is 10.7. The van der Waals surface area contributed by atoms with E-state index >= 15 is 0 Å². The monoisotopic (exact) mass is 410 g/mol. The average molecular weight is 411 g/mol. The van der Waals surface area contributed by atoms with Crippen molar-refractivity contribution in [3.05, 3.63) is 83.6 Å². The summed E-state index contributed by atoms with van der Waals surface area (Å²) in [6.07, 6.45) is 0.414. The number of thiazole rings is 1. The molecule has 1 N–H and O–H groups in total. The molecule has 0 spiro atoms. The number of benzene rings is 3. The number of aromatic nitrogens is 3. The summed E-state index contributed by atoms with van der Waals surface area (Å²) < 4.78 is 2.89. The highest BCUT2D eigenvalue weighted by Gasteiger charge is 2.33. The van der Waals surface area contributed by atoms with E-state index in [1.54, 1.807) is 16.0 Å². The molecule has 146 valence electrons. The lowest BCUT2D eigenvalue weighted by Gasteiger charge is -2.24. The Balaban J connectivity index is 1.52. The molecule has 1 atom stereocenters. The Morgan fingerprint density at radius 2 is 1.83 bits per heavy atom. The third kappa shape index (κ3) is 2.64. The van der Waals surface area contributed by atoms with Crippen molar-refractivity contribution in [2.24, 2.45) is 0 Å². The Morgan fingerprint density at radius 3 is 2.70 bits per heavy atom. The number of fused-ring (bicyclic) bond motifs is 3. The molecule has 1 amide bonds. The van der Waals surface area contributed by atoms with Crippen molar-refractivity contribution in [1.29, 1.82) is 0 Å². The topological polar surface area (TPSA) is 59.8 Å². The number of aryl methyl sites for hydroxylation is 1. The van der Waals surface area contributed by atoms with Gasteiger partial charge in [-0.05, 0) is 35.4 Å². The minimum atomic E-state index is -0.0264. The van der Waals surface area contributed by atoms with Gasteiger partial charge >= 0.3 is 0 Å². The minimum absolute atomic E-state index is 0.00270. The minimum Gasteiger partial charge on any atom is -0.310 e. The van der Waals surface area contributed by atoms with Crippen LogP contribution >= 0.6 is 11.3 Å². The second-order valence-corrected chi connectivity index (χ2v) is 8.64. The molecule has 0 aliphatic carbocycles. The van der Waals surface area contributed by atoms with Crippen molar-refractivity contribution in [2.45, 2.75) is 19.3 Å². The van der Waals surface area contributed by atoms with Gasteiger partial charge in [0.2, 0.25) is 11.0 Å². The Kier molecular flexibility index (Phi) is 3.76. The number of nitrogens with one attached hydrogen (secondary N) is 1. The van der Waals surface area contributed by atoms with E-state index in [0.717, 1.165) is 38.0 Å². The molecule has 5 aromatic rings. The van der Waals surface area contributed by atoms with Crippen LogP contribution in [0.3, 0.4) is 0 Å². The van der Waals surface area contributed by atoms with Crippen LogP contribution in [-0.2, 0) is 4.79 Å². The first-order valence-electron chi connectivity index (χ1n) is 9.91. The highest BCUT2D eigenvalue weighted by atomic mass is 32.1. The number of anilines is 1. The Morgan fingerprint density at radius 1 is 1.03 bits per heavy atom. The summed E-state index contributed by atoms with van der Waals surface area (Å²) in [4.78, 5) is 17.4. The van der Waals surface area contributed by atoms with Crippen molar-refractivity contribution < 1.29 is 4.79 Å². The summed E-state index contributed by atoms with van der Waals surface area (Å²) in [6.45, 7) is 2.01. The zero-order chi connectivity index (χ0) is 20.2. The van der Waals surface area contributed by atoms with Gasteiger partial charge in [-0.15, -0.1) is 0 Å². The van der Waals surface area contributed by atoms with Gasteiger partial charge in [-0.3, -0.25) is 4.79 Å². The molecule has 0 bridgehead atoms. The van der Waals surface area contributed by atoms with E-state index in [2.05, 4.69) is 41.7 Å². The zero-order valence-electron chi connectivity index (χ0n) is 16.3. The second kappa shape index (κ2) is 6.50. The molecule has 2 aromatic heterocycles. The second-order valence-electron chi connectivity index (χ2n) is 7.64. The van der Waals surface area contributed by atoms with Gasteiger partial charge in [0.25, 0.3) is 0 Å². The fraction of sp³-hybridized carbons (Fsp3) is 0.125. The molecule has 1 aliphatic rings. The maximum Gasteiger partial charge on any atom is 0.226 e. The Bertz CT molecular complexity index is 1420. The van der Waals surface area contributed by atoms with Gasteiger partial charge in [0.1, 0.15) is 5.82 Å². The Labute approximate surface area is 177 Å². The molecule has 30 heavy (non-hydrogen) atoms. The number of carbonyl (C=O) groups is 1. The largest absolute Gasteiger partial charge is 0.310 e. The van der Waals surface area contributed by atoms with Gasteiger partial charge in [-0.1, -0.05) is 65.9 Å². The molecule has 0 unspecified atom stereocenters. The number of amides is 1. The van der Waals surface area contributed by atoms with Crippen LogP contribution in [0.2, 0.25) is 0 Å².